The SMILES string of the molecule is O=C(Nc1cccnc1N1CCCC1)c1cnc2ccccc2n1. The smallest absolute Gasteiger partial charge is 0.275 e. The molecule has 1 aliphatic heterocycles. The van der Waals surface area contributed by atoms with Crippen LogP contribution in [-0.2, 0) is 0 Å². The number of nitrogens with one attached hydrogen (secondary N) is 1. The Labute approximate surface area is 139 Å². The molecule has 0 radical (unpaired) electrons. The molecule has 120 valence electrons. The maximum absolute atomic E-state index is 12.6. The van der Waals surface area contributed by atoms with Crippen molar-refractivity contribution in [2.24, 2.45) is 0 Å². The monoisotopic (exact) mass is 319 g/mol. The summed E-state index contributed by atoms with van der Waals surface area (Å²) in [5.74, 6) is 0.541. The maximum atomic E-state index is 12.6. The van der Waals surface area contributed by atoms with Crippen molar-refractivity contribution in [1.29, 1.82) is 0 Å². The Kier molecular flexibility index (Phi) is 3.78. The number of aromatic nitrogens is 3. The number of pyridine rings is 1. The Morgan fingerprint density at radius 1 is 1.00 bits per heavy atom. The normalized spacial score (nSPS) is 14.1. The molecule has 1 amide bonds. The highest BCUT2D eigenvalue weighted by Crippen LogP contribution is 2.26. The molecule has 1 aromatic carbocycles. The molecule has 3 heterocycles. The van der Waals surface area contributed by atoms with Gasteiger partial charge < -0.3 is 10.2 Å². The zero-order valence-electron chi connectivity index (χ0n) is 13.1. The van der Waals surface area contributed by atoms with Crippen LogP contribution in [0.15, 0.2) is 48.8 Å². The average Bonchev–Trinajstić information content (AvgIpc) is 3.16. The number of nitrogens with zero attached hydrogens (tertiary/aromatic N) is 4. The number of carbonyl (C=O) groups is 1. The van der Waals surface area contributed by atoms with E-state index in [1.807, 2.05) is 36.4 Å². The number of hydrogen-bond acceptors (Lipinski definition) is 5. The van der Waals surface area contributed by atoms with Gasteiger partial charge in [0.1, 0.15) is 5.69 Å². The van der Waals surface area contributed by atoms with Gasteiger partial charge in [0.2, 0.25) is 0 Å². The van der Waals surface area contributed by atoms with Crippen LogP contribution in [0.4, 0.5) is 11.5 Å². The van der Waals surface area contributed by atoms with E-state index in [-0.39, 0.29) is 5.91 Å². The van der Waals surface area contributed by atoms with E-state index in [0.29, 0.717) is 16.9 Å². The topological polar surface area (TPSA) is 71.0 Å². The van der Waals surface area contributed by atoms with Gasteiger partial charge in [-0.05, 0) is 37.1 Å². The molecule has 0 aliphatic carbocycles. The third-order valence-corrected chi connectivity index (χ3v) is 4.12. The molecule has 0 saturated carbocycles. The maximum Gasteiger partial charge on any atom is 0.275 e. The van der Waals surface area contributed by atoms with Crippen LogP contribution in [0.25, 0.3) is 11.0 Å². The lowest BCUT2D eigenvalue weighted by molar-refractivity contribution is 0.102. The van der Waals surface area contributed by atoms with Gasteiger partial charge in [-0.3, -0.25) is 9.78 Å². The van der Waals surface area contributed by atoms with Crippen LogP contribution in [0.2, 0.25) is 0 Å². The van der Waals surface area contributed by atoms with E-state index in [4.69, 9.17) is 0 Å². The highest BCUT2D eigenvalue weighted by atomic mass is 16.1. The molecule has 4 rings (SSSR count). The summed E-state index contributed by atoms with van der Waals surface area (Å²) in [4.78, 5) is 27.9. The summed E-state index contributed by atoms with van der Waals surface area (Å²) in [6.45, 7) is 1.94. The molecule has 3 aromatic rings. The molecule has 6 nitrogen and oxygen atoms in total. The quantitative estimate of drug-likeness (QED) is 0.804. The lowest BCUT2D eigenvalue weighted by Gasteiger charge is -2.19. The molecule has 0 unspecified atom stereocenters. The number of amides is 1. The Morgan fingerprint density at radius 3 is 2.62 bits per heavy atom. The molecule has 0 spiro atoms. The van der Waals surface area contributed by atoms with Gasteiger partial charge in [0.05, 0.1) is 22.9 Å². The number of rotatable bonds is 3. The Balaban J connectivity index is 1.61. The van der Waals surface area contributed by atoms with Crippen molar-refractivity contribution in [2.75, 3.05) is 23.3 Å². The standard InChI is InChI=1S/C18H17N5O/c24-18(16-12-20-13-6-1-2-7-14(13)21-16)22-15-8-5-9-19-17(15)23-10-3-4-11-23/h1-2,5-9,12H,3-4,10-11H2,(H,22,24). The summed E-state index contributed by atoms with van der Waals surface area (Å²) < 4.78 is 0. The Morgan fingerprint density at radius 2 is 1.79 bits per heavy atom. The van der Waals surface area contributed by atoms with Gasteiger partial charge >= 0.3 is 0 Å². The van der Waals surface area contributed by atoms with E-state index < -0.39 is 0 Å². The minimum absolute atomic E-state index is 0.276. The molecule has 1 aliphatic rings. The van der Waals surface area contributed by atoms with Crippen LogP contribution in [0.5, 0.6) is 0 Å². The van der Waals surface area contributed by atoms with Crippen molar-refractivity contribution in [3.8, 4) is 0 Å². The van der Waals surface area contributed by atoms with Crippen molar-refractivity contribution < 1.29 is 4.79 Å². The van der Waals surface area contributed by atoms with Gasteiger partial charge in [0, 0.05) is 19.3 Å². The molecule has 0 bridgehead atoms. The zero-order chi connectivity index (χ0) is 16.4. The summed E-state index contributed by atoms with van der Waals surface area (Å²) in [5, 5.41) is 2.92. The second kappa shape index (κ2) is 6.23. The summed E-state index contributed by atoms with van der Waals surface area (Å²) in [6, 6.07) is 11.2. The van der Waals surface area contributed by atoms with E-state index in [1.165, 1.54) is 6.20 Å². The van der Waals surface area contributed by atoms with Gasteiger partial charge in [0.25, 0.3) is 5.91 Å². The Hall–Kier alpha value is -3.02. The molecule has 0 atom stereocenters. The molecular weight excluding hydrogens is 302 g/mol. The molecule has 24 heavy (non-hydrogen) atoms. The molecule has 1 fully saturated rings. The molecular formula is C18H17N5O. The third-order valence-electron chi connectivity index (χ3n) is 4.12. The molecule has 6 heteroatoms. The summed E-state index contributed by atoms with van der Waals surface area (Å²) >= 11 is 0. The second-order valence-electron chi connectivity index (χ2n) is 5.77. The lowest BCUT2D eigenvalue weighted by Crippen LogP contribution is -2.22. The van der Waals surface area contributed by atoms with Gasteiger partial charge in [-0.25, -0.2) is 9.97 Å². The fourth-order valence-corrected chi connectivity index (χ4v) is 2.93. The number of fused-ring (bicyclic) bond motifs is 1. The van der Waals surface area contributed by atoms with E-state index >= 15 is 0 Å². The number of anilines is 2. The van der Waals surface area contributed by atoms with Crippen LogP contribution >= 0.6 is 0 Å². The van der Waals surface area contributed by atoms with Crippen LogP contribution in [0, 0.1) is 0 Å². The summed E-state index contributed by atoms with van der Waals surface area (Å²) in [5.41, 5.74) is 2.48. The fourth-order valence-electron chi connectivity index (χ4n) is 2.93. The number of para-hydroxylation sites is 2. The van der Waals surface area contributed by atoms with E-state index in [1.54, 1.807) is 6.20 Å². The van der Waals surface area contributed by atoms with Crippen molar-refractivity contribution in [1.82, 2.24) is 15.0 Å². The van der Waals surface area contributed by atoms with Crippen LogP contribution in [-0.4, -0.2) is 33.9 Å². The van der Waals surface area contributed by atoms with Gasteiger partial charge in [-0.15, -0.1) is 0 Å². The van der Waals surface area contributed by atoms with E-state index in [0.717, 1.165) is 37.3 Å². The lowest BCUT2D eigenvalue weighted by atomic mass is 10.3. The van der Waals surface area contributed by atoms with Crippen LogP contribution in [0.1, 0.15) is 23.3 Å². The summed E-state index contributed by atoms with van der Waals surface area (Å²) in [7, 11) is 0. The minimum atomic E-state index is -0.276. The van der Waals surface area contributed by atoms with Gasteiger partial charge in [-0.2, -0.15) is 0 Å². The van der Waals surface area contributed by atoms with E-state index in [9.17, 15) is 4.79 Å². The van der Waals surface area contributed by atoms with E-state index in [2.05, 4.69) is 25.2 Å². The first-order valence-corrected chi connectivity index (χ1v) is 8.04. The van der Waals surface area contributed by atoms with Gasteiger partial charge in [0.15, 0.2) is 5.82 Å². The first-order valence-electron chi connectivity index (χ1n) is 8.04. The highest BCUT2D eigenvalue weighted by Gasteiger charge is 2.19. The number of benzene rings is 1. The molecule has 2 aromatic heterocycles. The number of hydrogen-bond donors (Lipinski definition) is 1. The van der Waals surface area contributed by atoms with Crippen LogP contribution < -0.4 is 10.2 Å². The molecule has 1 saturated heterocycles. The van der Waals surface area contributed by atoms with Crippen LogP contribution in [0.3, 0.4) is 0 Å². The largest absolute Gasteiger partial charge is 0.355 e. The predicted molar refractivity (Wildman–Crippen MR) is 93.2 cm³/mol. The second-order valence-corrected chi connectivity index (χ2v) is 5.77. The third kappa shape index (κ3) is 2.78. The zero-order valence-corrected chi connectivity index (χ0v) is 13.1. The van der Waals surface area contributed by atoms with Crippen molar-refractivity contribution in [3.63, 3.8) is 0 Å². The fraction of sp³-hybridized carbons (Fsp3) is 0.222. The number of carbonyl (C=O) groups excluding carboxylic acids is 1. The van der Waals surface area contributed by atoms with Crippen molar-refractivity contribution in [2.45, 2.75) is 12.8 Å². The predicted octanol–water partition coefficient (Wildman–Crippen LogP) is 2.88. The Bertz CT molecular complexity index is 889. The highest BCUT2D eigenvalue weighted by molar-refractivity contribution is 6.04. The molecule has 1 N–H and O–H groups in total. The first-order chi connectivity index (χ1) is 11.8. The van der Waals surface area contributed by atoms with Crippen molar-refractivity contribution >= 4 is 28.4 Å². The minimum Gasteiger partial charge on any atom is -0.355 e. The van der Waals surface area contributed by atoms with Gasteiger partial charge in [-0.1, -0.05) is 12.1 Å². The average molecular weight is 319 g/mol. The summed E-state index contributed by atoms with van der Waals surface area (Å²) in [6.07, 6.45) is 5.56. The van der Waals surface area contributed by atoms with Crippen molar-refractivity contribution in [3.05, 3.63) is 54.5 Å². The first kappa shape index (κ1) is 14.6.